The lowest BCUT2D eigenvalue weighted by Gasteiger charge is -2.61. The quantitative estimate of drug-likeness (QED) is 0.174. The van der Waals surface area contributed by atoms with Crippen LogP contribution in [0.3, 0.4) is 0 Å². The molecule has 8 fully saturated rings. The molecule has 6 aromatic rings. The molecule has 8 bridgehead atoms. The first-order valence-electron chi connectivity index (χ1n) is 22.6. The zero-order chi connectivity index (χ0) is 37.0. The van der Waals surface area contributed by atoms with E-state index in [-0.39, 0.29) is 10.8 Å². The minimum atomic E-state index is 0.140. The summed E-state index contributed by atoms with van der Waals surface area (Å²) >= 11 is 0. The Bertz CT molecular complexity index is 2560. The molecule has 0 saturated heterocycles. The van der Waals surface area contributed by atoms with Crippen molar-refractivity contribution in [1.29, 1.82) is 0 Å². The molecule has 16 rings (SSSR count). The van der Waals surface area contributed by atoms with E-state index in [0.29, 0.717) is 0 Å². The van der Waals surface area contributed by atoms with Gasteiger partial charge in [-0.1, -0.05) is 109 Å². The molecule has 10 aliphatic rings. The molecule has 0 aliphatic heterocycles. The Morgan fingerprint density at radius 1 is 0.351 bits per heavy atom. The Balaban J connectivity index is 0.988. The lowest BCUT2D eigenvalue weighted by molar-refractivity contribution is -0.0399. The van der Waals surface area contributed by atoms with Gasteiger partial charge in [0.05, 0.1) is 5.69 Å². The highest BCUT2D eigenvalue weighted by atomic mass is 15.1. The van der Waals surface area contributed by atoms with E-state index in [4.69, 9.17) is 0 Å². The van der Waals surface area contributed by atoms with Gasteiger partial charge >= 0.3 is 0 Å². The SMILES string of the molecule is c1ccc(-c2ccc(N(c3ccc4c(c3)-c3ccccc3C43C4CC5CC(C4)CC3C5)c3cccc4c3-c3ccccc3C43C4CC5CC(C4)CC3C5)cc2)cc1. The van der Waals surface area contributed by atoms with Crippen molar-refractivity contribution >= 4 is 17.1 Å². The molecule has 280 valence electrons. The maximum absolute atomic E-state index is 2.66. The van der Waals surface area contributed by atoms with Crippen LogP contribution in [0.1, 0.15) is 86.5 Å². The number of nitrogens with zero attached hydrogens (tertiary/aromatic N) is 1. The van der Waals surface area contributed by atoms with Crippen LogP contribution in [0.2, 0.25) is 0 Å². The Labute approximate surface area is 338 Å². The zero-order valence-electron chi connectivity index (χ0n) is 32.9. The first kappa shape index (κ1) is 32.1. The standard InChI is InChI=1S/C56H51N/c1-2-9-38(10-3-1)39-17-19-44(20-18-39)57(45-21-22-51-48(33-45)46-11-4-6-13-49(46)55(51)40-25-34-23-35(27-40)28-41(55)26-34)53-16-8-15-52-54(53)47-12-5-7-14-50(47)56(52)42-29-36-24-37(31-42)32-43(56)30-36/h1-22,33-37,40-43H,23-32H2. The maximum Gasteiger partial charge on any atom is 0.0543 e. The van der Waals surface area contributed by atoms with Gasteiger partial charge in [-0.25, -0.2) is 0 Å². The van der Waals surface area contributed by atoms with Crippen LogP contribution in [0.4, 0.5) is 17.1 Å². The first-order valence-corrected chi connectivity index (χ1v) is 22.6. The summed E-state index contributed by atoms with van der Waals surface area (Å²) in [5, 5.41) is 0. The average molecular weight is 738 g/mol. The van der Waals surface area contributed by atoms with Gasteiger partial charge in [-0.15, -0.1) is 0 Å². The molecular formula is C56H51N. The third-order valence-corrected chi connectivity index (χ3v) is 17.8. The van der Waals surface area contributed by atoms with E-state index in [9.17, 15) is 0 Å². The number of benzene rings is 6. The summed E-state index contributed by atoms with van der Waals surface area (Å²) in [4.78, 5) is 2.66. The van der Waals surface area contributed by atoms with Gasteiger partial charge in [0.2, 0.25) is 0 Å². The molecular weight excluding hydrogens is 687 g/mol. The van der Waals surface area contributed by atoms with Gasteiger partial charge in [0.15, 0.2) is 0 Å². The summed E-state index contributed by atoms with van der Waals surface area (Å²) in [5.74, 6) is 6.81. The maximum atomic E-state index is 2.66. The summed E-state index contributed by atoms with van der Waals surface area (Å²) in [6.45, 7) is 0. The van der Waals surface area contributed by atoms with Crippen molar-refractivity contribution in [2.24, 2.45) is 47.3 Å². The Kier molecular flexibility index (Phi) is 6.43. The van der Waals surface area contributed by atoms with Gasteiger partial charge in [-0.3, -0.25) is 0 Å². The lowest BCUT2D eigenvalue weighted by atomic mass is 9.43. The highest BCUT2D eigenvalue weighted by molar-refractivity contribution is 5.97. The fourth-order valence-electron chi connectivity index (χ4n) is 16.5. The van der Waals surface area contributed by atoms with Crippen LogP contribution >= 0.6 is 0 Å². The predicted octanol–water partition coefficient (Wildman–Crippen LogP) is 14.3. The van der Waals surface area contributed by atoms with Crippen molar-refractivity contribution in [3.8, 4) is 33.4 Å². The molecule has 0 radical (unpaired) electrons. The van der Waals surface area contributed by atoms with Crippen molar-refractivity contribution in [3.05, 3.63) is 162 Å². The van der Waals surface area contributed by atoms with Gasteiger partial charge in [-0.2, -0.15) is 0 Å². The average Bonchev–Trinajstić information content (AvgIpc) is 3.71. The van der Waals surface area contributed by atoms with Crippen molar-refractivity contribution in [3.63, 3.8) is 0 Å². The van der Waals surface area contributed by atoms with Crippen LogP contribution in [-0.4, -0.2) is 0 Å². The van der Waals surface area contributed by atoms with E-state index < -0.39 is 0 Å². The summed E-state index contributed by atoms with van der Waals surface area (Å²) in [6.07, 6.45) is 14.3. The van der Waals surface area contributed by atoms with Crippen LogP contribution in [0.5, 0.6) is 0 Å². The summed E-state index contributed by atoms with van der Waals surface area (Å²) in [5.41, 5.74) is 19.2. The van der Waals surface area contributed by atoms with Gasteiger partial charge < -0.3 is 4.90 Å². The Hall–Kier alpha value is -4.88. The third kappa shape index (κ3) is 4.07. The van der Waals surface area contributed by atoms with E-state index in [1.54, 1.807) is 22.3 Å². The Morgan fingerprint density at radius 2 is 0.825 bits per heavy atom. The zero-order valence-corrected chi connectivity index (χ0v) is 32.9. The summed E-state index contributed by atoms with van der Waals surface area (Å²) in [7, 11) is 0. The van der Waals surface area contributed by atoms with E-state index in [0.717, 1.165) is 47.3 Å². The van der Waals surface area contributed by atoms with Crippen LogP contribution < -0.4 is 4.90 Å². The molecule has 1 nitrogen and oxygen atoms in total. The molecule has 8 saturated carbocycles. The molecule has 0 N–H and O–H groups in total. The molecule has 0 heterocycles. The van der Waals surface area contributed by atoms with E-state index >= 15 is 0 Å². The third-order valence-electron chi connectivity index (χ3n) is 17.8. The molecule has 1 heteroatoms. The van der Waals surface area contributed by atoms with Crippen molar-refractivity contribution in [2.75, 3.05) is 4.90 Å². The second kappa shape index (κ2) is 11.4. The van der Waals surface area contributed by atoms with Crippen molar-refractivity contribution in [2.45, 2.75) is 75.0 Å². The van der Waals surface area contributed by atoms with Gasteiger partial charge in [-0.05, 0) is 192 Å². The number of rotatable bonds is 4. The highest BCUT2D eigenvalue weighted by Gasteiger charge is 2.63. The van der Waals surface area contributed by atoms with Gasteiger partial charge in [0, 0.05) is 27.8 Å². The first-order chi connectivity index (χ1) is 28.2. The molecule has 10 aliphatic carbocycles. The van der Waals surface area contributed by atoms with E-state index in [1.165, 1.54) is 115 Å². The molecule has 6 aromatic carbocycles. The fraction of sp³-hybridized carbons (Fsp3) is 0.357. The molecule has 0 unspecified atom stereocenters. The van der Waals surface area contributed by atoms with E-state index in [1.807, 2.05) is 0 Å². The van der Waals surface area contributed by atoms with Crippen LogP contribution in [0.15, 0.2) is 140 Å². The van der Waals surface area contributed by atoms with Crippen molar-refractivity contribution < 1.29 is 0 Å². The second-order valence-electron chi connectivity index (χ2n) is 20.1. The fourth-order valence-corrected chi connectivity index (χ4v) is 16.5. The molecule has 0 aromatic heterocycles. The van der Waals surface area contributed by atoms with Crippen LogP contribution in [0, 0.1) is 47.3 Å². The summed E-state index contributed by atoms with van der Waals surface area (Å²) in [6, 6.07) is 54.9. The van der Waals surface area contributed by atoms with Gasteiger partial charge in [0.25, 0.3) is 0 Å². The number of hydrogen-bond donors (Lipinski definition) is 0. The number of fused-ring (bicyclic) bond motifs is 6. The lowest BCUT2D eigenvalue weighted by Crippen LogP contribution is -2.55. The molecule has 0 amide bonds. The minimum absolute atomic E-state index is 0.140. The second-order valence-corrected chi connectivity index (χ2v) is 20.1. The number of hydrogen-bond acceptors (Lipinski definition) is 1. The van der Waals surface area contributed by atoms with Gasteiger partial charge in [0.1, 0.15) is 0 Å². The largest absolute Gasteiger partial charge is 0.310 e. The van der Waals surface area contributed by atoms with Crippen LogP contribution in [0.25, 0.3) is 33.4 Å². The predicted molar refractivity (Wildman–Crippen MR) is 233 cm³/mol. The van der Waals surface area contributed by atoms with Crippen molar-refractivity contribution in [1.82, 2.24) is 0 Å². The minimum Gasteiger partial charge on any atom is -0.310 e. The Morgan fingerprint density at radius 3 is 1.46 bits per heavy atom. The monoisotopic (exact) mass is 737 g/mol. The van der Waals surface area contributed by atoms with Crippen LogP contribution in [-0.2, 0) is 10.8 Å². The molecule has 57 heavy (non-hydrogen) atoms. The highest BCUT2D eigenvalue weighted by Crippen LogP contribution is 2.72. The molecule has 0 atom stereocenters. The smallest absolute Gasteiger partial charge is 0.0543 e. The topological polar surface area (TPSA) is 3.24 Å². The summed E-state index contributed by atoms with van der Waals surface area (Å²) < 4.78 is 0. The number of anilines is 3. The normalized spacial score (nSPS) is 33.8. The van der Waals surface area contributed by atoms with E-state index in [2.05, 4.69) is 144 Å². The molecule has 2 spiro atoms.